The van der Waals surface area contributed by atoms with Crippen molar-refractivity contribution in [2.24, 2.45) is 5.92 Å². The van der Waals surface area contributed by atoms with E-state index in [0.29, 0.717) is 17.9 Å². The smallest absolute Gasteiger partial charge is 0.330 e. The van der Waals surface area contributed by atoms with Gasteiger partial charge >= 0.3 is 5.97 Å². The number of para-hydroxylation sites is 1. The van der Waals surface area contributed by atoms with Gasteiger partial charge in [-0.1, -0.05) is 38.1 Å². The second kappa shape index (κ2) is 10.7. The lowest BCUT2D eigenvalue weighted by molar-refractivity contribution is -0.148. The van der Waals surface area contributed by atoms with Gasteiger partial charge in [-0.3, -0.25) is 0 Å². The molecule has 176 valence electrons. The number of nitrogens with zero attached hydrogens (tertiary/aromatic N) is 1. The molecule has 1 N–H and O–H groups in total. The van der Waals surface area contributed by atoms with E-state index in [1.54, 1.807) is 50.2 Å². The fourth-order valence-electron chi connectivity index (χ4n) is 3.07. The van der Waals surface area contributed by atoms with E-state index in [1.165, 1.54) is 12.1 Å². The van der Waals surface area contributed by atoms with Crippen LogP contribution >= 0.6 is 0 Å². The van der Waals surface area contributed by atoms with Crippen molar-refractivity contribution in [2.45, 2.75) is 26.0 Å². The molecule has 3 rings (SSSR count). The molecule has 0 aliphatic carbocycles. The van der Waals surface area contributed by atoms with Gasteiger partial charge in [0.15, 0.2) is 23.2 Å². The van der Waals surface area contributed by atoms with Crippen LogP contribution in [0.4, 0.5) is 23.2 Å². The van der Waals surface area contributed by atoms with Gasteiger partial charge in [-0.2, -0.15) is 5.26 Å². The van der Waals surface area contributed by atoms with Crippen LogP contribution in [0.25, 0.3) is 0 Å². The Balaban J connectivity index is 1.81. The number of nitrogens with one attached hydrogen (secondary N) is 1. The second-order valence-corrected chi connectivity index (χ2v) is 7.66. The highest BCUT2D eigenvalue weighted by Crippen LogP contribution is 2.30. The minimum Gasteiger partial charge on any atom is -0.454 e. The largest absolute Gasteiger partial charge is 0.454 e. The van der Waals surface area contributed by atoms with Crippen molar-refractivity contribution < 1.29 is 31.8 Å². The van der Waals surface area contributed by atoms with Crippen LogP contribution in [0.15, 0.2) is 60.7 Å². The molecule has 9 heteroatoms. The number of carbonyl (C=O) groups is 1. The molecule has 34 heavy (non-hydrogen) atoms. The van der Waals surface area contributed by atoms with Crippen LogP contribution in [0.5, 0.6) is 11.5 Å². The monoisotopic (exact) mass is 472 g/mol. The maximum atomic E-state index is 14.2. The van der Waals surface area contributed by atoms with Crippen LogP contribution in [-0.4, -0.2) is 12.0 Å². The Labute approximate surface area is 193 Å². The van der Waals surface area contributed by atoms with Gasteiger partial charge in [0.05, 0.1) is 0 Å². The third kappa shape index (κ3) is 5.84. The van der Waals surface area contributed by atoms with Gasteiger partial charge in [0.2, 0.25) is 6.10 Å². The number of hydrogen-bond donors (Lipinski definition) is 1. The first kappa shape index (κ1) is 24.6. The normalized spacial score (nSPS) is 12.5. The fourth-order valence-corrected chi connectivity index (χ4v) is 3.07. The van der Waals surface area contributed by atoms with Crippen molar-refractivity contribution in [3.63, 3.8) is 0 Å². The van der Waals surface area contributed by atoms with E-state index in [4.69, 9.17) is 9.47 Å². The molecule has 0 saturated heterocycles. The average Bonchev–Trinajstić information content (AvgIpc) is 2.78. The highest BCUT2D eigenvalue weighted by molar-refractivity contribution is 5.80. The summed E-state index contributed by atoms with van der Waals surface area (Å²) in [6.45, 7) is 3.17. The summed E-state index contributed by atoms with van der Waals surface area (Å²) in [7, 11) is 0. The molecular weight excluding hydrogens is 452 g/mol. The minimum absolute atomic E-state index is 0.129. The van der Waals surface area contributed by atoms with Gasteiger partial charge in [0.25, 0.3) is 0 Å². The molecule has 0 aromatic heterocycles. The number of carbonyl (C=O) groups excluding carboxylic acids is 1. The van der Waals surface area contributed by atoms with Gasteiger partial charge < -0.3 is 14.8 Å². The number of hydrogen-bond acceptors (Lipinski definition) is 5. The van der Waals surface area contributed by atoms with Gasteiger partial charge in [0.1, 0.15) is 29.4 Å². The zero-order valence-electron chi connectivity index (χ0n) is 18.2. The number of anilines is 1. The zero-order valence-corrected chi connectivity index (χ0v) is 18.2. The summed E-state index contributed by atoms with van der Waals surface area (Å²) < 4.78 is 66.3. The molecule has 0 saturated carbocycles. The summed E-state index contributed by atoms with van der Waals surface area (Å²) in [5.41, 5.74) is -0.573. The predicted octanol–water partition coefficient (Wildman–Crippen LogP) is 6.28. The van der Waals surface area contributed by atoms with Crippen LogP contribution in [0.2, 0.25) is 0 Å². The number of nitriles is 1. The van der Waals surface area contributed by atoms with Crippen LogP contribution in [0, 0.1) is 40.5 Å². The molecule has 3 aromatic carbocycles. The Hall–Kier alpha value is -4.06. The molecule has 0 aliphatic heterocycles. The van der Waals surface area contributed by atoms with Crippen LogP contribution in [-0.2, 0) is 9.53 Å². The molecular formula is C25H20F4N2O3. The standard InChI is InChI=1S/C25H20F4N2O3/c1-14(2)23(31-24-19(28)11-16(26)12-20(24)29)25(32)34-22(13-30)15-8-9-18(27)21(10-15)33-17-6-4-3-5-7-17/h3-12,14,22-23,31H,1-2H3. The quantitative estimate of drug-likeness (QED) is 0.309. The van der Waals surface area contributed by atoms with Crippen LogP contribution in [0.3, 0.4) is 0 Å². The molecule has 0 radical (unpaired) electrons. The van der Waals surface area contributed by atoms with Crippen LogP contribution < -0.4 is 10.1 Å². The lowest BCUT2D eigenvalue weighted by Gasteiger charge is -2.24. The van der Waals surface area contributed by atoms with E-state index in [9.17, 15) is 27.6 Å². The Morgan fingerprint density at radius 2 is 1.59 bits per heavy atom. The van der Waals surface area contributed by atoms with Crippen molar-refractivity contribution in [2.75, 3.05) is 5.32 Å². The SMILES string of the molecule is CC(C)C(Nc1c(F)cc(F)cc1F)C(=O)OC(C#N)c1ccc(F)c(Oc2ccccc2)c1. The summed E-state index contributed by atoms with van der Waals surface area (Å²) in [5.74, 6) is -5.60. The number of ether oxygens (including phenoxy) is 2. The van der Waals surface area contributed by atoms with E-state index in [-0.39, 0.29) is 11.3 Å². The summed E-state index contributed by atoms with van der Waals surface area (Å²) in [4.78, 5) is 12.8. The summed E-state index contributed by atoms with van der Waals surface area (Å²) >= 11 is 0. The van der Waals surface area contributed by atoms with E-state index in [0.717, 1.165) is 6.07 Å². The van der Waals surface area contributed by atoms with Crippen molar-refractivity contribution in [3.8, 4) is 17.6 Å². The van der Waals surface area contributed by atoms with E-state index in [2.05, 4.69) is 5.32 Å². The third-order valence-corrected chi connectivity index (χ3v) is 4.81. The van der Waals surface area contributed by atoms with Crippen molar-refractivity contribution in [3.05, 3.63) is 89.5 Å². The number of rotatable bonds is 8. The first-order chi connectivity index (χ1) is 16.2. The van der Waals surface area contributed by atoms with Crippen LogP contribution in [0.1, 0.15) is 25.5 Å². The molecule has 0 bridgehead atoms. The minimum atomic E-state index is -1.46. The summed E-state index contributed by atoms with van der Waals surface area (Å²) in [5, 5.41) is 12.0. The number of halogens is 4. The molecule has 3 aromatic rings. The van der Waals surface area contributed by atoms with Gasteiger partial charge in [0, 0.05) is 17.7 Å². The Morgan fingerprint density at radius 3 is 2.18 bits per heavy atom. The Bertz CT molecular complexity index is 1190. The molecule has 0 heterocycles. The van der Waals surface area contributed by atoms with Gasteiger partial charge in [-0.05, 0) is 30.2 Å². The topological polar surface area (TPSA) is 71.3 Å². The molecule has 5 nitrogen and oxygen atoms in total. The molecule has 0 spiro atoms. The molecule has 0 aliphatic rings. The molecule has 0 amide bonds. The Kier molecular flexibility index (Phi) is 7.74. The zero-order chi connectivity index (χ0) is 24.8. The Morgan fingerprint density at radius 1 is 0.941 bits per heavy atom. The first-order valence-electron chi connectivity index (χ1n) is 10.2. The predicted molar refractivity (Wildman–Crippen MR) is 116 cm³/mol. The fraction of sp³-hybridized carbons (Fsp3) is 0.200. The third-order valence-electron chi connectivity index (χ3n) is 4.81. The van der Waals surface area contributed by atoms with Gasteiger partial charge in [-0.15, -0.1) is 0 Å². The average molecular weight is 472 g/mol. The molecule has 2 unspecified atom stereocenters. The van der Waals surface area contributed by atoms with E-state index < -0.39 is 53.0 Å². The van der Waals surface area contributed by atoms with Gasteiger partial charge in [-0.25, -0.2) is 22.4 Å². The number of esters is 1. The second-order valence-electron chi connectivity index (χ2n) is 7.66. The maximum Gasteiger partial charge on any atom is 0.330 e. The van der Waals surface area contributed by atoms with Crippen molar-refractivity contribution >= 4 is 11.7 Å². The number of benzene rings is 3. The summed E-state index contributed by atoms with van der Waals surface area (Å²) in [6.07, 6.45) is -1.46. The van der Waals surface area contributed by atoms with E-state index >= 15 is 0 Å². The lowest BCUT2D eigenvalue weighted by Crippen LogP contribution is -2.37. The summed E-state index contributed by atoms with van der Waals surface area (Å²) in [6, 6.07) is 13.4. The first-order valence-corrected chi connectivity index (χ1v) is 10.2. The highest BCUT2D eigenvalue weighted by atomic mass is 19.1. The molecule has 0 fully saturated rings. The van der Waals surface area contributed by atoms with Crippen molar-refractivity contribution in [1.82, 2.24) is 0 Å². The lowest BCUT2D eigenvalue weighted by atomic mass is 10.0. The maximum absolute atomic E-state index is 14.2. The molecule has 2 atom stereocenters. The van der Waals surface area contributed by atoms with Crippen molar-refractivity contribution in [1.29, 1.82) is 5.26 Å². The van der Waals surface area contributed by atoms with E-state index in [1.807, 2.05) is 0 Å². The highest BCUT2D eigenvalue weighted by Gasteiger charge is 2.29.